The number of aliphatic carboxylic acids is 1. The van der Waals surface area contributed by atoms with Crippen molar-refractivity contribution in [2.24, 2.45) is 14.1 Å². The fourth-order valence-corrected chi connectivity index (χ4v) is 3.14. The Morgan fingerprint density at radius 2 is 1.87 bits per heavy atom. The maximum absolute atomic E-state index is 12.5. The zero-order valence-corrected chi connectivity index (χ0v) is 14.1. The summed E-state index contributed by atoms with van der Waals surface area (Å²) in [6.45, 7) is 3.55. The number of hydrogen-bond acceptors (Lipinski definition) is 7. The van der Waals surface area contributed by atoms with Crippen molar-refractivity contribution in [2.45, 2.75) is 37.0 Å². The number of aryl methyl sites for hydroxylation is 2. The summed E-state index contributed by atoms with van der Waals surface area (Å²) in [5, 5.41) is 10.8. The lowest BCUT2D eigenvalue weighted by Crippen LogP contribution is -2.38. The highest BCUT2D eigenvalue weighted by Crippen LogP contribution is 2.27. The molecule has 2 aromatic heterocycles. The first-order valence-electron chi connectivity index (χ1n) is 7.15. The third-order valence-corrected chi connectivity index (χ3v) is 4.85. The van der Waals surface area contributed by atoms with Crippen molar-refractivity contribution in [1.29, 1.82) is 0 Å². The minimum atomic E-state index is -1.22. The Balaban J connectivity index is 2.85. The Labute approximate surface area is 136 Å². The van der Waals surface area contributed by atoms with Gasteiger partial charge in [-0.3, -0.25) is 13.9 Å². The highest BCUT2D eigenvalue weighted by Gasteiger charge is 2.20. The van der Waals surface area contributed by atoms with Gasteiger partial charge in [0.05, 0.1) is 11.2 Å². The summed E-state index contributed by atoms with van der Waals surface area (Å²) in [5.74, 6) is -0.777. The van der Waals surface area contributed by atoms with Crippen LogP contribution in [0.15, 0.2) is 14.6 Å². The molecule has 0 unspecified atom stereocenters. The summed E-state index contributed by atoms with van der Waals surface area (Å²) < 4.78 is 2.23. The van der Waals surface area contributed by atoms with Gasteiger partial charge in [0, 0.05) is 20.5 Å². The van der Waals surface area contributed by atoms with Crippen molar-refractivity contribution in [2.75, 3.05) is 0 Å². The Bertz CT molecular complexity index is 887. The van der Waals surface area contributed by atoms with Gasteiger partial charge in [0.1, 0.15) is 16.2 Å². The molecule has 0 aliphatic carbocycles. The van der Waals surface area contributed by atoms with Crippen molar-refractivity contribution in [3.63, 3.8) is 0 Å². The van der Waals surface area contributed by atoms with Gasteiger partial charge >= 0.3 is 5.69 Å². The van der Waals surface area contributed by atoms with E-state index in [1.807, 2.05) is 6.92 Å². The molecule has 2 rings (SSSR count). The first-order valence-corrected chi connectivity index (χ1v) is 8.03. The number of carboxylic acids is 1. The summed E-state index contributed by atoms with van der Waals surface area (Å²) in [6, 6.07) is 0. The molecular weight excluding hydrogens is 320 g/mol. The molecule has 2 heterocycles. The third-order valence-electron chi connectivity index (χ3n) is 3.52. The van der Waals surface area contributed by atoms with Gasteiger partial charge in [0.15, 0.2) is 5.65 Å². The van der Waals surface area contributed by atoms with Crippen LogP contribution in [-0.4, -0.2) is 30.3 Å². The second kappa shape index (κ2) is 6.53. The van der Waals surface area contributed by atoms with Gasteiger partial charge in [0.25, 0.3) is 5.56 Å². The summed E-state index contributed by atoms with van der Waals surface area (Å²) in [7, 11) is 2.88. The Morgan fingerprint density at radius 1 is 1.22 bits per heavy atom. The molecule has 9 heteroatoms. The van der Waals surface area contributed by atoms with E-state index in [4.69, 9.17) is 0 Å². The Morgan fingerprint density at radius 3 is 2.39 bits per heavy atom. The number of fused-ring (bicyclic) bond motifs is 1. The number of rotatable bonds is 5. The number of hydrogen-bond donors (Lipinski definition) is 0. The average Bonchev–Trinajstić information content (AvgIpc) is 2.54. The van der Waals surface area contributed by atoms with Crippen molar-refractivity contribution >= 4 is 28.8 Å². The second-order valence-electron chi connectivity index (χ2n) is 5.04. The molecule has 1 atom stereocenters. The fourth-order valence-electron chi connectivity index (χ4n) is 2.15. The summed E-state index contributed by atoms with van der Waals surface area (Å²) in [6.07, 6.45) is 0.820. The van der Waals surface area contributed by atoms with Crippen molar-refractivity contribution in [3.8, 4) is 0 Å². The van der Waals surface area contributed by atoms with Crippen LogP contribution in [-0.2, 0) is 25.3 Å². The molecular formula is C14H17N4O4S-. The molecule has 0 aliphatic heterocycles. The minimum Gasteiger partial charge on any atom is -0.549 e. The Kier molecular flexibility index (Phi) is 4.88. The van der Waals surface area contributed by atoms with E-state index in [1.54, 1.807) is 6.92 Å². The van der Waals surface area contributed by atoms with Gasteiger partial charge < -0.3 is 9.90 Å². The van der Waals surface area contributed by atoms with Gasteiger partial charge in [-0.1, -0.05) is 25.6 Å². The van der Waals surface area contributed by atoms with E-state index >= 15 is 0 Å². The monoisotopic (exact) mass is 337 g/mol. The first-order chi connectivity index (χ1) is 10.8. The molecule has 8 nitrogen and oxygen atoms in total. The number of carbonyl (C=O) groups is 1. The van der Waals surface area contributed by atoms with Crippen LogP contribution in [0.1, 0.15) is 26.1 Å². The van der Waals surface area contributed by atoms with E-state index in [1.165, 1.54) is 18.7 Å². The minimum absolute atomic E-state index is 0.150. The lowest BCUT2D eigenvalue weighted by atomic mass is 10.3. The van der Waals surface area contributed by atoms with Crippen molar-refractivity contribution in [3.05, 3.63) is 26.7 Å². The molecule has 0 bridgehead atoms. The van der Waals surface area contributed by atoms with E-state index in [0.29, 0.717) is 18.7 Å². The lowest BCUT2D eigenvalue weighted by Gasteiger charge is -2.17. The molecule has 0 spiro atoms. The highest BCUT2D eigenvalue weighted by molar-refractivity contribution is 8.00. The van der Waals surface area contributed by atoms with E-state index in [0.717, 1.165) is 16.3 Å². The zero-order valence-electron chi connectivity index (χ0n) is 13.3. The molecule has 0 N–H and O–H groups in total. The smallest absolute Gasteiger partial charge is 0.332 e. The van der Waals surface area contributed by atoms with E-state index < -0.39 is 22.5 Å². The number of carbonyl (C=O) groups excluding carboxylic acids is 1. The van der Waals surface area contributed by atoms with Crippen LogP contribution in [0.4, 0.5) is 0 Å². The molecule has 0 aliphatic rings. The molecule has 0 aromatic carbocycles. The molecule has 0 fully saturated rings. The predicted molar refractivity (Wildman–Crippen MR) is 84.3 cm³/mol. The molecule has 0 saturated carbocycles. The van der Waals surface area contributed by atoms with E-state index in [9.17, 15) is 19.5 Å². The lowest BCUT2D eigenvalue weighted by molar-refractivity contribution is -0.304. The molecule has 0 saturated heterocycles. The third kappa shape index (κ3) is 3.00. The second-order valence-corrected chi connectivity index (χ2v) is 6.23. The Hall–Kier alpha value is -2.16. The fraction of sp³-hybridized carbons (Fsp3) is 0.500. The van der Waals surface area contributed by atoms with Crippen LogP contribution >= 0.6 is 11.8 Å². The summed E-state index contributed by atoms with van der Waals surface area (Å²) >= 11 is 0.951. The van der Waals surface area contributed by atoms with Crippen LogP contribution in [0, 0.1) is 0 Å². The largest absolute Gasteiger partial charge is 0.549 e. The van der Waals surface area contributed by atoms with Crippen molar-refractivity contribution < 1.29 is 9.90 Å². The highest BCUT2D eigenvalue weighted by atomic mass is 32.2. The number of carboxylic acid groups (broad SMARTS) is 1. The molecule has 23 heavy (non-hydrogen) atoms. The maximum atomic E-state index is 12.5. The van der Waals surface area contributed by atoms with Crippen LogP contribution in [0.3, 0.4) is 0 Å². The normalized spacial score (nSPS) is 12.5. The van der Waals surface area contributed by atoms with Gasteiger partial charge in [-0.15, -0.1) is 0 Å². The predicted octanol–water partition coefficient (Wildman–Crippen LogP) is -0.790. The van der Waals surface area contributed by atoms with Crippen LogP contribution in [0.5, 0.6) is 0 Å². The van der Waals surface area contributed by atoms with Crippen molar-refractivity contribution in [1.82, 2.24) is 19.1 Å². The summed E-state index contributed by atoms with van der Waals surface area (Å²) in [5.41, 5.74) is -0.826. The quantitative estimate of drug-likeness (QED) is 0.519. The SMILES string of the molecule is CCc1nc(S[C@H](CC)C(=O)[O-])c2c(=O)n(C)c(=O)n(C)c2n1. The van der Waals surface area contributed by atoms with Gasteiger partial charge in [-0.2, -0.15) is 0 Å². The number of thioether (sulfide) groups is 1. The van der Waals surface area contributed by atoms with E-state index in [-0.39, 0.29) is 16.1 Å². The topological polar surface area (TPSA) is 110 Å². The average molecular weight is 337 g/mol. The molecule has 0 radical (unpaired) electrons. The van der Waals surface area contributed by atoms with Gasteiger partial charge in [-0.25, -0.2) is 14.8 Å². The number of nitrogens with zero attached hydrogens (tertiary/aromatic N) is 4. The molecule has 0 amide bonds. The molecule has 2 aromatic rings. The van der Waals surface area contributed by atoms with Crippen LogP contribution in [0.2, 0.25) is 0 Å². The first kappa shape index (κ1) is 17.2. The zero-order chi connectivity index (χ0) is 17.3. The molecule has 124 valence electrons. The van der Waals surface area contributed by atoms with Crippen LogP contribution < -0.4 is 16.4 Å². The standard InChI is InChI=1S/C14H18N4O4S/c1-5-7(13(20)21)23-11-9-10(15-8(6-2)16-11)17(3)14(22)18(4)12(9)19/h7H,5-6H2,1-4H3,(H,20,21)/p-1/t7-/m1/s1. The summed E-state index contributed by atoms with van der Waals surface area (Å²) in [4.78, 5) is 44.2. The van der Waals surface area contributed by atoms with E-state index in [2.05, 4.69) is 9.97 Å². The van der Waals surface area contributed by atoms with Crippen LogP contribution in [0.25, 0.3) is 11.0 Å². The van der Waals surface area contributed by atoms with Gasteiger partial charge in [-0.05, 0) is 6.42 Å². The number of aromatic nitrogens is 4. The van der Waals surface area contributed by atoms with Gasteiger partial charge in [0.2, 0.25) is 0 Å². The maximum Gasteiger partial charge on any atom is 0.332 e.